The minimum atomic E-state index is -1.27. The lowest BCUT2D eigenvalue weighted by molar-refractivity contribution is -0.155. The minimum Gasteiger partial charge on any atom is -0.460 e. The van der Waals surface area contributed by atoms with E-state index in [1.165, 1.54) is 6.07 Å². The molecule has 1 atom stereocenters. The van der Waals surface area contributed by atoms with E-state index >= 15 is 0 Å². The number of esters is 1. The van der Waals surface area contributed by atoms with E-state index in [4.69, 9.17) is 16.2 Å². The van der Waals surface area contributed by atoms with Crippen molar-refractivity contribution in [3.8, 4) is 0 Å². The summed E-state index contributed by atoms with van der Waals surface area (Å²) in [5.74, 6) is -2.16. The fourth-order valence-corrected chi connectivity index (χ4v) is 2.35. The van der Waals surface area contributed by atoms with E-state index in [1.54, 1.807) is 39.8 Å². The highest BCUT2D eigenvalue weighted by molar-refractivity contribution is 6.04. The third-order valence-electron chi connectivity index (χ3n) is 3.66. The van der Waals surface area contributed by atoms with Crippen LogP contribution in [0.2, 0.25) is 0 Å². The van der Waals surface area contributed by atoms with Gasteiger partial charge in [-0.3, -0.25) is 24.1 Å². The first-order chi connectivity index (χ1) is 12.0. The lowest BCUT2D eigenvalue weighted by Gasteiger charge is -2.25. The number of anilines is 1. The SMILES string of the molecule is Cc1c(N)cccc1C(=O)N(C=O)C(CCC(=O)OC(C)(C)C)C(N)=O. The third-order valence-corrected chi connectivity index (χ3v) is 3.66. The Morgan fingerprint density at radius 1 is 1.27 bits per heavy atom. The van der Waals surface area contributed by atoms with E-state index in [2.05, 4.69) is 0 Å². The average molecular weight is 363 g/mol. The molecule has 0 aliphatic rings. The summed E-state index contributed by atoms with van der Waals surface area (Å²) < 4.78 is 5.16. The van der Waals surface area contributed by atoms with E-state index < -0.39 is 29.4 Å². The molecule has 26 heavy (non-hydrogen) atoms. The van der Waals surface area contributed by atoms with Crippen LogP contribution < -0.4 is 11.5 Å². The van der Waals surface area contributed by atoms with Crippen LogP contribution in [0.3, 0.4) is 0 Å². The van der Waals surface area contributed by atoms with Crippen molar-refractivity contribution in [2.24, 2.45) is 5.73 Å². The van der Waals surface area contributed by atoms with Crippen LogP contribution in [-0.2, 0) is 19.1 Å². The second-order valence-electron chi connectivity index (χ2n) is 6.88. The van der Waals surface area contributed by atoms with Gasteiger partial charge in [0.2, 0.25) is 12.3 Å². The van der Waals surface area contributed by atoms with Gasteiger partial charge in [-0.25, -0.2) is 0 Å². The quantitative estimate of drug-likeness (QED) is 0.424. The molecule has 4 N–H and O–H groups in total. The first-order valence-corrected chi connectivity index (χ1v) is 8.12. The van der Waals surface area contributed by atoms with Crippen LogP contribution in [0, 0.1) is 6.92 Å². The largest absolute Gasteiger partial charge is 0.460 e. The molecule has 1 aromatic rings. The van der Waals surface area contributed by atoms with Crippen molar-refractivity contribution in [3.05, 3.63) is 29.3 Å². The summed E-state index contributed by atoms with van der Waals surface area (Å²) in [6.07, 6.45) is -0.0655. The number of ether oxygens (including phenoxy) is 1. The molecule has 8 nitrogen and oxygen atoms in total. The van der Waals surface area contributed by atoms with Gasteiger partial charge in [-0.15, -0.1) is 0 Å². The molecule has 0 radical (unpaired) electrons. The normalized spacial score (nSPS) is 12.2. The van der Waals surface area contributed by atoms with Crippen LogP contribution in [0.5, 0.6) is 0 Å². The van der Waals surface area contributed by atoms with Gasteiger partial charge in [0, 0.05) is 17.7 Å². The fraction of sp³-hybridized carbons (Fsp3) is 0.444. The molecule has 0 saturated carbocycles. The Morgan fingerprint density at radius 3 is 2.38 bits per heavy atom. The van der Waals surface area contributed by atoms with Crippen LogP contribution >= 0.6 is 0 Å². The predicted molar refractivity (Wildman–Crippen MR) is 95.9 cm³/mol. The molecule has 0 saturated heterocycles. The standard InChI is InChI=1S/C18H25N3O5/c1-11-12(6-5-7-13(11)19)17(25)21(10-22)14(16(20)24)8-9-15(23)26-18(2,3)4/h5-7,10,14H,8-9,19H2,1-4H3,(H2,20,24). The van der Waals surface area contributed by atoms with Crippen molar-refractivity contribution in [2.45, 2.75) is 52.2 Å². The summed E-state index contributed by atoms with van der Waals surface area (Å²) in [6, 6.07) is 3.41. The number of primary amides is 1. The monoisotopic (exact) mass is 363 g/mol. The molecule has 3 amide bonds. The Hall–Kier alpha value is -2.90. The van der Waals surface area contributed by atoms with Gasteiger partial charge in [-0.05, 0) is 51.8 Å². The summed E-state index contributed by atoms with van der Waals surface area (Å²) in [6.45, 7) is 6.76. The zero-order valence-electron chi connectivity index (χ0n) is 15.4. The smallest absolute Gasteiger partial charge is 0.306 e. The van der Waals surface area contributed by atoms with Gasteiger partial charge in [-0.2, -0.15) is 0 Å². The summed E-state index contributed by atoms with van der Waals surface area (Å²) >= 11 is 0. The number of hydrogen-bond donors (Lipinski definition) is 2. The molecule has 1 unspecified atom stereocenters. The molecule has 0 aromatic heterocycles. The van der Waals surface area contributed by atoms with Crippen molar-refractivity contribution >= 4 is 29.9 Å². The number of imide groups is 1. The summed E-state index contributed by atoms with van der Waals surface area (Å²) in [5, 5.41) is 0. The van der Waals surface area contributed by atoms with Gasteiger partial charge in [0.05, 0.1) is 0 Å². The van der Waals surface area contributed by atoms with E-state index in [9.17, 15) is 19.2 Å². The molecular formula is C18H25N3O5. The maximum absolute atomic E-state index is 12.7. The zero-order chi connectivity index (χ0) is 20.1. The second-order valence-corrected chi connectivity index (χ2v) is 6.88. The molecule has 0 aliphatic heterocycles. The number of nitrogens with two attached hydrogens (primary N) is 2. The lowest BCUT2D eigenvalue weighted by Crippen LogP contribution is -2.47. The Morgan fingerprint density at radius 2 is 1.88 bits per heavy atom. The van der Waals surface area contributed by atoms with Crippen LogP contribution in [0.1, 0.15) is 49.5 Å². The number of nitrogen functional groups attached to an aromatic ring is 1. The van der Waals surface area contributed by atoms with Crippen molar-refractivity contribution < 1.29 is 23.9 Å². The Labute approximate surface area is 152 Å². The Balaban J connectivity index is 3.00. The molecule has 1 rings (SSSR count). The number of amides is 3. The lowest BCUT2D eigenvalue weighted by atomic mass is 10.0. The molecular weight excluding hydrogens is 338 g/mol. The van der Waals surface area contributed by atoms with Gasteiger partial charge in [-0.1, -0.05) is 6.07 Å². The number of carbonyl (C=O) groups is 4. The number of nitrogens with zero attached hydrogens (tertiary/aromatic N) is 1. The van der Waals surface area contributed by atoms with E-state index in [1.807, 2.05) is 0 Å². The van der Waals surface area contributed by atoms with Crippen molar-refractivity contribution in [3.63, 3.8) is 0 Å². The molecule has 0 spiro atoms. The minimum absolute atomic E-state index is 0.129. The Kier molecular flexibility index (Phi) is 6.88. The number of rotatable bonds is 7. The van der Waals surface area contributed by atoms with Crippen LogP contribution in [0.15, 0.2) is 18.2 Å². The molecule has 0 fully saturated rings. The topological polar surface area (TPSA) is 133 Å². The average Bonchev–Trinajstić information content (AvgIpc) is 2.51. The first kappa shape index (κ1) is 21.1. The van der Waals surface area contributed by atoms with Crippen molar-refractivity contribution in [1.29, 1.82) is 0 Å². The third kappa shape index (κ3) is 5.58. The summed E-state index contributed by atoms with van der Waals surface area (Å²) in [5.41, 5.74) is 11.5. The first-order valence-electron chi connectivity index (χ1n) is 8.12. The van der Waals surface area contributed by atoms with Gasteiger partial charge in [0.25, 0.3) is 5.91 Å². The van der Waals surface area contributed by atoms with Gasteiger partial charge in [0.15, 0.2) is 0 Å². The zero-order valence-corrected chi connectivity index (χ0v) is 15.4. The highest BCUT2D eigenvalue weighted by Crippen LogP contribution is 2.19. The molecule has 0 aliphatic carbocycles. The molecule has 8 heteroatoms. The summed E-state index contributed by atoms with van der Waals surface area (Å²) in [7, 11) is 0. The molecule has 0 bridgehead atoms. The second kappa shape index (κ2) is 8.46. The fourth-order valence-electron chi connectivity index (χ4n) is 2.35. The van der Waals surface area contributed by atoms with Crippen molar-refractivity contribution in [1.82, 2.24) is 4.90 Å². The van der Waals surface area contributed by atoms with E-state index in [-0.39, 0.29) is 24.8 Å². The molecule has 1 aromatic carbocycles. The Bertz CT molecular complexity index is 709. The van der Waals surface area contributed by atoms with Crippen LogP contribution in [0.4, 0.5) is 5.69 Å². The highest BCUT2D eigenvalue weighted by Gasteiger charge is 2.31. The van der Waals surface area contributed by atoms with Crippen LogP contribution in [0.25, 0.3) is 0 Å². The maximum atomic E-state index is 12.7. The van der Waals surface area contributed by atoms with Crippen molar-refractivity contribution in [2.75, 3.05) is 5.73 Å². The van der Waals surface area contributed by atoms with E-state index in [0.717, 1.165) is 0 Å². The van der Waals surface area contributed by atoms with Gasteiger partial charge in [0.1, 0.15) is 11.6 Å². The van der Waals surface area contributed by atoms with Crippen LogP contribution in [-0.4, -0.2) is 40.7 Å². The summed E-state index contributed by atoms with van der Waals surface area (Å²) in [4.78, 5) is 48.5. The maximum Gasteiger partial charge on any atom is 0.306 e. The predicted octanol–water partition coefficient (Wildman–Crippen LogP) is 1.15. The number of hydrogen-bond acceptors (Lipinski definition) is 6. The number of carbonyl (C=O) groups excluding carboxylic acids is 4. The highest BCUT2D eigenvalue weighted by atomic mass is 16.6. The van der Waals surface area contributed by atoms with Gasteiger partial charge < -0.3 is 16.2 Å². The molecule has 142 valence electrons. The van der Waals surface area contributed by atoms with Gasteiger partial charge >= 0.3 is 5.97 Å². The van der Waals surface area contributed by atoms with E-state index in [0.29, 0.717) is 16.2 Å². The molecule has 0 heterocycles. The number of benzene rings is 1.